The lowest BCUT2D eigenvalue weighted by Crippen LogP contribution is -2.39. The molecule has 1 atom stereocenters. The molecular formula is C11H19NO4. The molecule has 0 radical (unpaired) electrons. The number of rotatable bonds is 4. The number of carbonyl (C=O) groups excluding carboxylic acids is 2. The van der Waals surface area contributed by atoms with Gasteiger partial charge >= 0.3 is 12.1 Å². The maximum atomic E-state index is 11.4. The Morgan fingerprint density at radius 1 is 1.44 bits per heavy atom. The number of amides is 1. The summed E-state index contributed by atoms with van der Waals surface area (Å²) >= 11 is 0. The summed E-state index contributed by atoms with van der Waals surface area (Å²) in [6.07, 6.45) is 0.918. The van der Waals surface area contributed by atoms with Crippen LogP contribution < -0.4 is 5.32 Å². The number of carbonyl (C=O) groups is 2. The molecule has 0 aromatic carbocycles. The van der Waals surface area contributed by atoms with Crippen LogP contribution in [-0.4, -0.2) is 30.8 Å². The predicted molar refractivity (Wildman–Crippen MR) is 60.0 cm³/mol. The van der Waals surface area contributed by atoms with Gasteiger partial charge < -0.3 is 14.8 Å². The molecule has 0 saturated heterocycles. The molecule has 5 nitrogen and oxygen atoms in total. The summed E-state index contributed by atoms with van der Waals surface area (Å²) in [5.74, 6) is -0.416. The smallest absolute Gasteiger partial charge is 0.408 e. The first kappa shape index (κ1) is 14.5. The van der Waals surface area contributed by atoms with Crippen LogP contribution in [0.15, 0.2) is 12.7 Å². The zero-order valence-electron chi connectivity index (χ0n) is 10.2. The lowest BCUT2D eigenvalue weighted by molar-refractivity contribution is -0.140. The van der Waals surface area contributed by atoms with Crippen LogP contribution in [0.1, 0.15) is 27.2 Å². The third-order valence-corrected chi connectivity index (χ3v) is 1.60. The zero-order chi connectivity index (χ0) is 12.8. The summed E-state index contributed by atoms with van der Waals surface area (Å²) < 4.78 is 9.52. The Bertz CT molecular complexity index is 268. The minimum atomic E-state index is -0.582. The summed E-state index contributed by atoms with van der Waals surface area (Å²) in [4.78, 5) is 22.4. The van der Waals surface area contributed by atoms with E-state index in [1.54, 1.807) is 20.8 Å². The molecule has 0 unspecified atom stereocenters. The predicted octanol–water partition coefficient (Wildman–Crippen LogP) is 1.63. The lowest BCUT2D eigenvalue weighted by atomic mass is 10.2. The first-order valence-corrected chi connectivity index (χ1v) is 4.97. The number of ether oxygens (including phenoxy) is 2. The topological polar surface area (TPSA) is 64.6 Å². The van der Waals surface area contributed by atoms with Gasteiger partial charge in [-0.2, -0.15) is 0 Å². The van der Waals surface area contributed by atoms with Crippen LogP contribution in [0.5, 0.6) is 0 Å². The van der Waals surface area contributed by atoms with Gasteiger partial charge in [0.25, 0.3) is 0 Å². The average Bonchev–Trinajstić information content (AvgIpc) is 2.13. The van der Waals surface area contributed by atoms with Crippen LogP contribution in [0.2, 0.25) is 0 Å². The van der Waals surface area contributed by atoms with E-state index in [0.29, 0.717) is 0 Å². The van der Waals surface area contributed by atoms with E-state index in [2.05, 4.69) is 16.6 Å². The molecule has 0 aliphatic rings. The van der Waals surface area contributed by atoms with Crippen molar-refractivity contribution in [1.29, 1.82) is 0 Å². The van der Waals surface area contributed by atoms with E-state index in [1.807, 2.05) is 0 Å². The molecule has 0 heterocycles. The highest BCUT2D eigenvalue weighted by atomic mass is 16.6. The Balaban J connectivity index is 4.17. The van der Waals surface area contributed by atoms with Crippen molar-refractivity contribution in [2.45, 2.75) is 38.8 Å². The quantitative estimate of drug-likeness (QED) is 0.587. The van der Waals surface area contributed by atoms with E-state index in [-0.39, 0.29) is 6.42 Å². The van der Waals surface area contributed by atoms with Crippen LogP contribution in [0.25, 0.3) is 0 Å². The van der Waals surface area contributed by atoms with E-state index >= 15 is 0 Å². The number of methoxy groups -OCH3 is 1. The number of nitrogens with one attached hydrogen (secondary N) is 1. The average molecular weight is 229 g/mol. The Hall–Kier alpha value is -1.52. The number of esters is 1. The third kappa shape index (κ3) is 6.86. The van der Waals surface area contributed by atoms with Crippen LogP contribution in [0.4, 0.5) is 4.79 Å². The van der Waals surface area contributed by atoms with Gasteiger partial charge in [0.05, 0.1) is 19.6 Å². The second-order valence-corrected chi connectivity index (χ2v) is 4.27. The second kappa shape index (κ2) is 6.15. The van der Waals surface area contributed by atoms with Crippen molar-refractivity contribution in [1.82, 2.24) is 5.32 Å². The Morgan fingerprint density at radius 3 is 2.38 bits per heavy atom. The normalized spacial score (nSPS) is 12.5. The molecule has 5 heteroatoms. The summed E-state index contributed by atoms with van der Waals surface area (Å²) in [5.41, 5.74) is -0.568. The zero-order valence-corrected chi connectivity index (χ0v) is 10.2. The Morgan fingerprint density at radius 2 is 2.00 bits per heavy atom. The van der Waals surface area contributed by atoms with Crippen molar-refractivity contribution in [3.05, 3.63) is 12.7 Å². The largest absolute Gasteiger partial charge is 0.469 e. The molecule has 0 aromatic heterocycles. The van der Waals surface area contributed by atoms with Gasteiger partial charge in [-0.3, -0.25) is 4.79 Å². The molecule has 1 N–H and O–H groups in total. The van der Waals surface area contributed by atoms with Gasteiger partial charge in [-0.15, -0.1) is 6.58 Å². The third-order valence-electron chi connectivity index (χ3n) is 1.60. The van der Waals surface area contributed by atoms with Crippen molar-refractivity contribution < 1.29 is 19.1 Å². The van der Waals surface area contributed by atoms with E-state index in [9.17, 15) is 9.59 Å². The van der Waals surface area contributed by atoms with Crippen LogP contribution in [0.3, 0.4) is 0 Å². The summed E-state index contributed by atoms with van der Waals surface area (Å²) in [7, 11) is 1.29. The number of alkyl carbamates (subject to hydrolysis) is 1. The van der Waals surface area contributed by atoms with Crippen molar-refractivity contribution >= 4 is 12.1 Å². The molecule has 0 aliphatic heterocycles. The van der Waals surface area contributed by atoms with Gasteiger partial charge in [0.15, 0.2) is 0 Å². The van der Waals surface area contributed by atoms with Crippen LogP contribution in [0, 0.1) is 0 Å². The highest BCUT2D eigenvalue weighted by Gasteiger charge is 2.19. The van der Waals surface area contributed by atoms with Crippen molar-refractivity contribution in [2.24, 2.45) is 0 Å². The van der Waals surface area contributed by atoms with Gasteiger partial charge in [-0.25, -0.2) is 4.79 Å². The highest BCUT2D eigenvalue weighted by molar-refractivity contribution is 5.73. The molecule has 0 saturated carbocycles. The van der Waals surface area contributed by atoms with Gasteiger partial charge in [0.1, 0.15) is 5.60 Å². The second-order valence-electron chi connectivity index (χ2n) is 4.27. The van der Waals surface area contributed by atoms with E-state index in [0.717, 1.165) is 0 Å². The molecule has 0 fully saturated rings. The van der Waals surface area contributed by atoms with Crippen LogP contribution in [-0.2, 0) is 14.3 Å². The molecule has 16 heavy (non-hydrogen) atoms. The van der Waals surface area contributed by atoms with Crippen molar-refractivity contribution in [3.8, 4) is 0 Å². The van der Waals surface area contributed by atoms with E-state index < -0.39 is 23.7 Å². The summed E-state index contributed by atoms with van der Waals surface area (Å²) in [6.45, 7) is 8.80. The first-order valence-electron chi connectivity index (χ1n) is 4.97. The number of hydrogen-bond acceptors (Lipinski definition) is 4. The van der Waals surface area contributed by atoms with E-state index in [4.69, 9.17) is 4.74 Å². The monoisotopic (exact) mass is 229 g/mol. The van der Waals surface area contributed by atoms with Crippen molar-refractivity contribution in [3.63, 3.8) is 0 Å². The van der Waals surface area contributed by atoms with Gasteiger partial charge in [0, 0.05) is 0 Å². The van der Waals surface area contributed by atoms with E-state index in [1.165, 1.54) is 13.2 Å². The maximum absolute atomic E-state index is 11.4. The summed E-state index contributed by atoms with van der Waals surface area (Å²) in [5, 5.41) is 2.51. The minimum Gasteiger partial charge on any atom is -0.469 e. The molecule has 92 valence electrons. The minimum absolute atomic E-state index is 0.0409. The summed E-state index contributed by atoms with van der Waals surface area (Å²) in [6, 6.07) is -0.484. The van der Waals surface area contributed by atoms with Gasteiger partial charge in [0.2, 0.25) is 0 Å². The Kier molecular flexibility index (Phi) is 5.56. The standard InChI is InChI=1S/C11H19NO4/c1-6-8(7-9(13)15-5)12-10(14)16-11(2,3)4/h6,8H,1,7H2,2-5H3,(H,12,14)/t8-/m0/s1. The molecule has 0 bridgehead atoms. The molecule has 0 rings (SSSR count). The van der Waals surface area contributed by atoms with Gasteiger partial charge in [-0.1, -0.05) is 6.08 Å². The fourth-order valence-corrected chi connectivity index (χ4v) is 0.915. The molecule has 0 spiro atoms. The molecule has 1 amide bonds. The fraction of sp³-hybridized carbons (Fsp3) is 0.636. The molecule has 0 aliphatic carbocycles. The highest BCUT2D eigenvalue weighted by Crippen LogP contribution is 2.07. The molecular weight excluding hydrogens is 210 g/mol. The van der Waals surface area contributed by atoms with Gasteiger partial charge in [-0.05, 0) is 20.8 Å². The maximum Gasteiger partial charge on any atom is 0.408 e. The molecule has 0 aromatic rings. The fourth-order valence-electron chi connectivity index (χ4n) is 0.915. The lowest BCUT2D eigenvalue weighted by Gasteiger charge is -2.21. The first-order chi connectivity index (χ1) is 7.28. The van der Waals surface area contributed by atoms with Crippen molar-refractivity contribution in [2.75, 3.05) is 7.11 Å². The SMILES string of the molecule is C=C[C@@H](CC(=O)OC)NC(=O)OC(C)(C)C. The number of hydrogen-bond donors (Lipinski definition) is 1. The van der Waals surface area contributed by atoms with Crippen LogP contribution >= 0.6 is 0 Å². The Labute approximate surface area is 95.8 Å².